The number of amidine groups is 1. The number of thioether (sulfide) groups is 1. The Labute approximate surface area is 91.8 Å². The Morgan fingerprint density at radius 1 is 1.40 bits per heavy atom. The molecule has 5 N–H and O–H groups in total. The van der Waals surface area contributed by atoms with Crippen LogP contribution in [0.3, 0.4) is 0 Å². The molecule has 82 valence electrons. The molecule has 0 unspecified atom stereocenters. The lowest BCUT2D eigenvalue weighted by Gasteiger charge is -2.10. The van der Waals surface area contributed by atoms with Crippen LogP contribution < -0.4 is 16.4 Å². The Bertz CT molecular complexity index is 364. The number of nitrogens with zero attached hydrogens (tertiary/aromatic N) is 4. The number of nitrogen functional groups attached to an aromatic ring is 1. The van der Waals surface area contributed by atoms with E-state index in [1.54, 1.807) is 4.90 Å². The normalized spacial score (nSPS) is 10.0. The van der Waals surface area contributed by atoms with Crippen molar-refractivity contribution >= 4 is 28.8 Å². The van der Waals surface area contributed by atoms with Crippen LogP contribution in [0.25, 0.3) is 0 Å². The second-order valence-electron chi connectivity index (χ2n) is 2.96. The van der Waals surface area contributed by atoms with E-state index in [-0.39, 0.29) is 11.1 Å². The van der Waals surface area contributed by atoms with Gasteiger partial charge in [0.25, 0.3) is 0 Å². The molecule has 8 heteroatoms. The van der Waals surface area contributed by atoms with E-state index in [0.29, 0.717) is 17.5 Å². The van der Waals surface area contributed by atoms with Gasteiger partial charge in [-0.25, -0.2) is 0 Å². The zero-order valence-electron chi connectivity index (χ0n) is 8.56. The van der Waals surface area contributed by atoms with E-state index in [1.807, 2.05) is 14.1 Å². The van der Waals surface area contributed by atoms with Gasteiger partial charge in [0, 0.05) is 14.1 Å². The van der Waals surface area contributed by atoms with Crippen LogP contribution in [0.5, 0.6) is 0 Å². The highest BCUT2D eigenvalue weighted by atomic mass is 32.2. The first-order valence-electron chi connectivity index (χ1n) is 4.13. The number of hydrogen-bond acceptors (Lipinski definition) is 7. The van der Waals surface area contributed by atoms with Crippen molar-refractivity contribution in [2.45, 2.75) is 5.75 Å². The molecule has 0 aliphatic rings. The summed E-state index contributed by atoms with van der Waals surface area (Å²) < 4.78 is 0. The summed E-state index contributed by atoms with van der Waals surface area (Å²) in [7, 11) is 3.63. The average Bonchev–Trinajstić information content (AvgIpc) is 2.13. The monoisotopic (exact) mass is 227 g/mol. The van der Waals surface area contributed by atoms with E-state index in [2.05, 4.69) is 15.0 Å². The van der Waals surface area contributed by atoms with Crippen molar-refractivity contribution in [2.75, 3.05) is 24.7 Å². The molecular formula is C7H13N7S. The largest absolute Gasteiger partial charge is 0.379 e. The van der Waals surface area contributed by atoms with Crippen molar-refractivity contribution in [1.29, 1.82) is 5.41 Å². The predicted octanol–water partition coefficient (Wildman–Crippen LogP) is -0.354. The maximum atomic E-state index is 7.06. The Morgan fingerprint density at radius 2 is 2.07 bits per heavy atom. The molecule has 0 aromatic carbocycles. The van der Waals surface area contributed by atoms with E-state index in [0.717, 1.165) is 11.8 Å². The SMILES string of the molecule is CN(C)c1nc(N)nc(CSC(=N)N)n1. The third-order valence-corrected chi connectivity index (χ3v) is 2.16. The standard InChI is InChI=1S/C7H13N7S/c1-14(2)7-12-4(3-15-5(8)9)11-6(10)13-7/h3H2,1-2H3,(H3,8,9)(H2,10,11,12,13). The average molecular weight is 227 g/mol. The van der Waals surface area contributed by atoms with Gasteiger partial charge in [-0.2, -0.15) is 15.0 Å². The summed E-state index contributed by atoms with van der Waals surface area (Å²) in [5.41, 5.74) is 10.7. The second kappa shape index (κ2) is 4.78. The summed E-state index contributed by atoms with van der Waals surface area (Å²) in [4.78, 5) is 13.8. The summed E-state index contributed by atoms with van der Waals surface area (Å²) in [5.74, 6) is 1.61. The van der Waals surface area contributed by atoms with Crippen LogP contribution in [0.4, 0.5) is 11.9 Å². The second-order valence-corrected chi connectivity index (χ2v) is 3.97. The van der Waals surface area contributed by atoms with Gasteiger partial charge in [0.1, 0.15) is 5.82 Å². The van der Waals surface area contributed by atoms with E-state index >= 15 is 0 Å². The lowest BCUT2D eigenvalue weighted by atomic mass is 10.6. The van der Waals surface area contributed by atoms with Crippen molar-refractivity contribution in [2.24, 2.45) is 5.73 Å². The van der Waals surface area contributed by atoms with E-state index in [4.69, 9.17) is 16.9 Å². The Hall–Kier alpha value is -1.57. The number of nitrogens with two attached hydrogens (primary N) is 2. The van der Waals surface area contributed by atoms with Crippen molar-refractivity contribution in [3.63, 3.8) is 0 Å². The van der Waals surface area contributed by atoms with E-state index in [1.165, 1.54) is 0 Å². The number of aromatic nitrogens is 3. The summed E-state index contributed by atoms with van der Waals surface area (Å²) in [5, 5.41) is 7.09. The number of anilines is 2. The van der Waals surface area contributed by atoms with E-state index < -0.39 is 0 Å². The van der Waals surface area contributed by atoms with Crippen LogP contribution in [0, 0.1) is 5.41 Å². The highest BCUT2D eigenvalue weighted by Crippen LogP contribution is 2.11. The highest BCUT2D eigenvalue weighted by Gasteiger charge is 2.06. The molecule has 1 aromatic rings. The molecular weight excluding hydrogens is 214 g/mol. The van der Waals surface area contributed by atoms with Gasteiger partial charge in [0.05, 0.1) is 5.75 Å². The summed E-state index contributed by atoms with van der Waals surface area (Å²) in [6, 6.07) is 0. The van der Waals surface area contributed by atoms with Crippen molar-refractivity contribution in [3.05, 3.63) is 5.82 Å². The minimum Gasteiger partial charge on any atom is -0.379 e. The number of rotatable bonds is 3. The molecule has 1 heterocycles. The molecule has 0 bridgehead atoms. The zero-order valence-corrected chi connectivity index (χ0v) is 9.38. The lowest BCUT2D eigenvalue weighted by molar-refractivity contribution is 0.920. The first-order chi connectivity index (χ1) is 6.99. The molecule has 7 nitrogen and oxygen atoms in total. The van der Waals surface area contributed by atoms with Crippen molar-refractivity contribution < 1.29 is 0 Å². The van der Waals surface area contributed by atoms with Crippen LogP contribution in [0.1, 0.15) is 5.82 Å². The minimum atomic E-state index is 0.0281. The molecule has 1 aromatic heterocycles. The van der Waals surface area contributed by atoms with Gasteiger partial charge in [0.15, 0.2) is 5.17 Å². The van der Waals surface area contributed by atoms with Crippen LogP contribution >= 0.6 is 11.8 Å². The maximum Gasteiger partial charge on any atom is 0.229 e. The first kappa shape index (κ1) is 11.5. The molecule has 15 heavy (non-hydrogen) atoms. The van der Waals surface area contributed by atoms with Gasteiger partial charge >= 0.3 is 0 Å². The topological polar surface area (TPSA) is 118 Å². The fourth-order valence-electron chi connectivity index (χ4n) is 0.832. The van der Waals surface area contributed by atoms with Crippen molar-refractivity contribution in [3.8, 4) is 0 Å². The van der Waals surface area contributed by atoms with Gasteiger partial charge in [-0.15, -0.1) is 0 Å². The fraction of sp³-hybridized carbons (Fsp3) is 0.429. The number of nitrogens with one attached hydrogen (secondary N) is 1. The molecule has 0 fully saturated rings. The molecule has 0 spiro atoms. The van der Waals surface area contributed by atoms with Crippen molar-refractivity contribution in [1.82, 2.24) is 15.0 Å². The molecule has 0 aliphatic heterocycles. The summed E-state index contributed by atoms with van der Waals surface area (Å²) in [6.07, 6.45) is 0. The van der Waals surface area contributed by atoms with Gasteiger partial charge in [-0.1, -0.05) is 11.8 Å². The Morgan fingerprint density at radius 3 is 2.60 bits per heavy atom. The maximum absolute atomic E-state index is 7.06. The lowest BCUT2D eigenvalue weighted by Crippen LogP contribution is -2.16. The van der Waals surface area contributed by atoms with Gasteiger partial charge in [-0.05, 0) is 0 Å². The smallest absolute Gasteiger partial charge is 0.229 e. The fourth-order valence-corrected chi connectivity index (χ4v) is 1.25. The summed E-state index contributed by atoms with van der Waals surface area (Å²) in [6.45, 7) is 0. The third-order valence-electron chi connectivity index (χ3n) is 1.44. The minimum absolute atomic E-state index is 0.0281. The molecule has 1 rings (SSSR count). The third kappa shape index (κ3) is 3.58. The van der Waals surface area contributed by atoms with E-state index in [9.17, 15) is 0 Å². The number of hydrogen-bond donors (Lipinski definition) is 3. The van der Waals surface area contributed by atoms with Crippen LogP contribution in [-0.4, -0.2) is 34.2 Å². The molecule has 0 amide bonds. The molecule has 0 saturated carbocycles. The van der Waals surface area contributed by atoms with Crippen LogP contribution in [0.2, 0.25) is 0 Å². The first-order valence-corrected chi connectivity index (χ1v) is 5.12. The quantitative estimate of drug-likeness (QED) is 0.477. The van der Waals surface area contributed by atoms with Crippen LogP contribution in [-0.2, 0) is 5.75 Å². The van der Waals surface area contributed by atoms with Gasteiger partial charge in [0.2, 0.25) is 11.9 Å². The molecule has 0 radical (unpaired) electrons. The molecule has 0 atom stereocenters. The molecule has 0 aliphatic carbocycles. The zero-order chi connectivity index (χ0) is 11.4. The molecule has 0 saturated heterocycles. The highest BCUT2D eigenvalue weighted by molar-refractivity contribution is 8.12. The predicted molar refractivity (Wildman–Crippen MR) is 61.8 cm³/mol. The van der Waals surface area contributed by atoms with Gasteiger partial charge < -0.3 is 16.4 Å². The van der Waals surface area contributed by atoms with Crippen LogP contribution in [0.15, 0.2) is 0 Å². The Kier molecular flexibility index (Phi) is 3.67. The summed E-state index contributed by atoms with van der Waals surface area (Å²) >= 11 is 1.15. The Balaban J connectivity index is 2.84. The van der Waals surface area contributed by atoms with Gasteiger partial charge in [-0.3, -0.25) is 5.41 Å².